The van der Waals surface area contributed by atoms with Crippen molar-refractivity contribution in [3.8, 4) is 11.5 Å². The van der Waals surface area contributed by atoms with Crippen LogP contribution in [0.2, 0.25) is 32.7 Å². The Hall–Kier alpha value is 0.0281. The van der Waals surface area contributed by atoms with Crippen LogP contribution in [0.3, 0.4) is 0 Å². The Labute approximate surface area is 204 Å². The topological polar surface area (TPSA) is 29.5 Å². The van der Waals surface area contributed by atoms with E-state index in [2.05, 4.69) is 71.7 Å². The number of aromatic hydroxyl groups is 1. The van der Waals surface area contributed by atoms with Gasteiger partial charge in [0.25, 0.3) is 0 Å². The van der Waals surface area contributed by atoms with Crippen LogP contribution >= 0.6 is 24.8 Å². The molecule has 1 N–H and O–H groups in total. The molecular weight excluding hydrogens is 459 g/mol. The summed E-state index contributed by atoms with van der Waals surface area (Å²) in [5.41, 5.74) is 1.11. The largest absolute Gasteiger partial charge is 0.508 e. The maximum Gasteiger partial charge on any atom is 0.122 e. The average molecular weight is 496 g/mol. The molecule has 0 heterocycles. The van der Waals surface area contributed by atoms with Crippen LogP contribution in [0.25, 0.3) is 0 Å². The van der Waals surface area contributed by atoms with Crippen molar-refractivity contribution in [2.45, 2.75) is 65.3 Å². The first-order chi connectivity index (χ1) is 11.5. The molecular formula is C21H37Cl2O2Si2Ti-. The van der Waals surface area contributed by atoms with Crippen LogP contribution < -0.4 is 4.74 Å². The second-order valence-electron chi connectivity index (χ2n) is 8.12. The molecule has 1 aromatic carbocycles. The van der Waals surface area contributed by atoms with Crippen LogP contribution in [0.15, 0.2) is 35.5 Å². The molecule has 0 amide bonds. The summed E-state index contributed by atoms with van der Waals surface area (Å²) >= 11 is 0. The average Bonchev–Trinajstić information content (AvgIpc) is 3.01. The smallest absolute Gasteiger partial charge is 0.122 e. The van der Waals surface area contributed by atoms with Gasteiger partial charge in [0, 0.05) is 45.4 Å². The van der Waals surface area contributed by atoms with Gasteiger partial charge in [0.1, 0.15) is 11.5 Å². The molecule has 1 aliphatic rings. The number of phenols is 1. The summed E-state index contributed by atoms with van der Waals surface area (Å²) in [5, 5.41) is 10.9. The van der Waals surface area contributed by atoms with E-state index in [-0.39, 0.29) is 57.7 Å². The fourth-order valence-electron chi connectivity index (χ4n) is 2.05. The van der Waals surface area contributed by atoms with Crippen molar-refractivity contribution >= 4 is 42.4 Å². The summed E-state index contributed by atoms with van der Waals surface area (Å²) in [7, 11) is 1.68. The van der Waals surface area contributed by atoms with Gasteiger partial charge < -0.3 is 9.84 Å². The Kier molecular flexibility index (Phi) is 21.3. The Morgan fingerprint density at radius 3 is 1.86 bits per heavy atom. The normalized spacial score (nSPS) is 11.8. The Morgan fingerprint density at radius 1 is 1.07 bits per heavy atom. The maximum atomic E-state index is 9.41. The summed E-state index contributed by atoms with van der Waals surface area (Å²) in [6, 6.07) is 5.32. The summed E-state index contributed by atoms with van der Waals surface area (Å²) < 4.78 is 5.07. The molecule has 7 heteroatoms. The predicted molar refractivity (Wildman–Crippen MR) is 129 cm³/mol. The number of benzene rings is 1. The molecule has 2 nitrogen and oxygen atoms in total. The van der Waals surface area contributed by atoms with E-state index < -0.39 is 8.07 Å². The van der Waals surface area contributed by atoms with Gasteiger partial charge in [-0.2, -0.15) is 6.08 Å². The number of hydrogen-bond donors (Lipinski definition) is 1. The van der Waals surface area contributed by atoms with Crippen LogP contribution in [0.4, 0.5) is 0 Å². The zero-order chi connectivity index (χ0) is 19.7. The van der Waals surface area contributed by atoms with E-state index in [9.17, 15) is 5.11 Å². The van der Waals surface area contributed by atoms with Crippen LogP contribution in [0.1, 0.15) is 32.8 Å². The third-order valence-corrected chi connectivity index (χ3v) is 5.46. The molecule has 0 aliphatic heterocycles. The van der Waals surface area contributed by atoms with Gasteiger partial charge in [-0.1, -0.05) is 53.5 Å². The maximum absolute atomic E-state index is 9.41. The van der Waals surface area contributed by atoms with Gasteiger partial charge >= 0.3 is 0 Å². The number of ether oxygens (including phenoxy) is 1. The van der Waals surface area contributed by atoms with Gasteiger partial charge in [-0.25, -0.2) is 11.3 Å². The van der Waals surface area contributed by atoms with Crippen molar-refractivity contribution in [3.63, 3.8) is 0 Å². The van der Waals surface area contributed by atoms with E-state index in [1.54, 1.807) is 19.2 Å². The first kappa shape index (κ1) is 35.5. The molecule has 1 aliphatic carbocycles. The Bertz CT molecular complexity index is 593. The Balaban J connectivity index is -0.000000170. The van der Waals surface area contributed by atoms with Gasteiger partial charge in [-0.15, -0.1) is 31.2 Å². The number of allylic oxidation sites excluding steroid dienone is 4. The molecule has 0 aromatic heterocycles. The standard InChI is InChI=1S/C11H16O2.C8H13Si.C2H6Si.2ClH.Ti/c1-11(2,3)8-5-9(12)7-10(6-8)13-4;1-9(2,3)8-6-4-5-7-8;1-3-2;;;/h5-7,12H,1-4H3;4,6H,5H2,1-3H3;1-2H3;2*1H;/q;-1;;;;. The quantitative estimate of drug-likeness (QED) is 0.357. The summed E-state index contributed by atoms with van der Waals surface area (Å²) in [6.45, 7) is 17.7. The molecule has 0 fully saturated rings. The van der Waals surface area contributed by atoms with Gasteiger partial charge in [-0.05, 0) is 23.1 Å². The number of hydrogen-bond acceptors (Lipinski definition) is 2. The summed E-state index contributed by atoms with van der Waals surface area (Å²) in [4.78, 5) is 0. The third kappa shape index (κ3) is 14.9. The van der Waals surface area contributed by atoms with E-state index in [1.165, 1.54) is 5.20 Å². The van der Waals surface area contributed by atoms with Crippen molar-refractivity contribution in [2.24, 2.45) is 0 Å². The molecule has 0 saturated carbocycles. The predicted octanol–water partition coefficient (Wildman–Crippen LogP) is 6.88. The van der Waals surface area contributed by atoms with Gasteiger partial charge in [0.2, 0.25) is 0 Å². The van der Waals surface area contributed by atoms with Crippen molar-refractivity contribution < 1.29 is 31.6 Å². The van der Waals surface area contributed by atoms with Crippen LogP contribution in [0.5, 0.6) is 11.5 Å². The minimum Gasteiger partial charge on any atom is -0.508 e. The van der Waals surface area contributed by atoms with E-state index in [1.807, 2.05) is 6.07 Å². The van der Waals surface area contributed by atoms with E-state index in [0.29, 0.717) is 5.75 Å². The molecule has 160 valence electrons. The molecule has 2 radical (unpaired) electrons. The van der Waals surface area contributed by atoms with Crippen molar-refractivity contribution in [1.82, 2.24) is 0 Å². The second kappa shape index (κ2) is 16.8. The van der Waals surface area contributed by atoms with E-state index in [4.69, 9.17) is 4.74 Å². The molecule has 0 bridgehead atoms. The summed E-state index contributed by atoms with van der Waals surface area (Å²) in [6.07, 6.45) is 8.82. The fraction of sp³-hybridized carbons (Fsp3) is 0.524. The first-order valence-electron chi connectivity index (χ1n) is 8.70. The number of rotatable bonds is 2. The number of methoxy groups -OCH3 is 1. The molecule has 0 saturated heterocycles. The van der Waals surface area contributed by atoms with Gasteiger partial charge in [0.15, 0.2) is 0 Å². The fourth-order valence-corrected chi connectivity index (χ4v) is 3.30. The zero-order valence-electron chi connectivity index (χ0n) is 18.8. The molecule has 0 atom stereocenters. The summed E-state index contributed by atoms with van der Waals surface area (Å²) in [5.74, 6) is 0.953. The van der Waals surface area contributed by atoms with Gasteiger partial charge in [0.05, 0.1) is 7.11 Å². The minimum absolute atomic E-state index is 0. The van der Waals surface area contributed by atoms with Crippen molar-refractivity contribution in [3.05, 3.63) is 47.2 Å². The van der Waals surface area contributed by atoms with E-state index in [0.717, 1.165) is 21.5 Å². The Morgan fingerprint density at radius 2 is 1.57 bits per heavy atom. The second-order valence-corrected chi connectivity index (χ2v) is 14.2. The van der Waals surface area contributed by atoms with E-state index >= 15 is 0 Å². The third-order valence-electron chi connectivity index (χ3n) is 3.50. The van der Waals surface area contributed by atoms with Crippen molar-refractivity contribution in [2.75, 3.05) is 7.11 Å². The molecule has 0 unspecified atom stereocenters. The molecule has 1 aromatic rings. The SMILES string of the molecule is COc1cc(O)cc(C(C)(C)C)c1.C[Si](C)(C)C1=[C-]CC=C1.C[Si]C.Cl.Cl.[Ti]. The van der Waals surface area contributed by atoms with Crippen LogP contribution in [0, 0.1) is 6.08 Å². The monoisotopic (exact) mass is 495 g/mol. The zero-order valence-corrected chi connectivity index (χ0v) is 24.0. The van der Waals surface area contributed by atoms with Crippen LogP contribution in [-0.2, 0) is 27.1 Å². The van der Waals surface area contributed by atoms with Crippen molar-refractivity contribution in [1.29, 1.82) is 0 Å². The van der Waals surface area contributed by atoms with Crippen LogP contribution in [-0.4, -0.2) is 29.8 Å². The molecule has 28 heavy (non-hydrogen) atoms. The minimum atomic E-state index is -1.01. The van der Waals surface area contributed by atoms with Gasteiger partial charge in [-0.3, -0.25) is 6.08 Å². The number of phenolic OH excluding ortho intramolecular Hbond substituents is 1. The first-order valence-corrected chi connectivity index (χ1v) is 14.2. The molecule has 0 spiro atoms. The molecule has 2 rings (SSSR count). The number of halogens is 2.